The molecule has 1 N–H and O–H groups in total. The van der Waals surface area contributed by atoms with E-state index in [2.05, 4.69) is 11.8 Å². The first-order valence-corrected chi connectivity index (χ1v) is 4.11. The van der Waals surface area contributed by atoms with E-state index < -0.39 is 6.10 Å². The van der Waals surface area contributed by atoms with Gasteiger partial charge in [0.15, 0.2) is 5.78 Å². The van der Waals surface area contributed by atoms with Crippen LogP contribution in [0.4, 0.5) is 0 Å². The van der Waals surface area contributed by atoms with E-state index in [0.29, 0.717) is 6.42 Å². The summed E-state index contributed by atoms with van der Waals surface area (Å²) >= 11 is 0. The fourth-order valence-corrected chi connectivity index (χ4v) is 1.15. The fraction of sp³-hybridized carbons (Fsp3) is 0.500. The number of hydrogen-bond donors (Lipinski definition) is 1. The Morgan fingerprint density at radius 3 is 2.83 bits per heavy atom. The van der Waals surface area contributed by atoms with Crippen LogP contribution in [0.2, 0.25) is 0 Å². The van der Waals surface area contributed by atoms with Crippen molar-refractivity contribution in [2.45, 2.75) is 25.9 Å². The third-order valence-electron chi connectivity index (χ3n) is 1.86. The predicted octanol–water partition coefficient (Wildman–Crippen LogP) is 0.906. The van der Waals surface area contributed by atoms with Crippen LogP contribution >= 0.6 is 0 Å². The normalized spacial score (nSPS) is 27.0. The van der Waals surface area contributed by atoms with Gasteiger partial charge in [-0.15, -0.1) is 11.8 Å². The van der Waals surface area contributed by atoms with Gasteiger partial charge in [0.25, 0.3) is 0 Å². The highest BCUT2D eigenvalue weighted by atomic mass is 16.3. The summed E-state index contributed by atoms with van der Waals surface area (Å²) in [6.45, 7) is 1.96. The van der Waals surface area contributed by atoms with E-state index in [1.54, 1.807) is 0 Å². The number of carbonyl (C=O) groups is 1. The van der Waals surface area contributed by atoms with Crippen LogP contribution in [0, 0.1) is 17.8 Å². The molecule has 0 saturated heterocycles. The summed E-state index contributed by atoms with van der Waals surface area (Å²) in [5.74, 6) is 5.42. The van der Waals surface area contributed by atoms with Crippen LogP contribution in [0.25, 0.3) is 0 Å². The second kappa shape index (κ2) is 4.08. The molecule has 1 rings (SSSR count). The number of ketones is 1. The molecule has 2 heteroatoms. The minimum absolute atomic E-state index is 0.00657. The topological polar surface area (TPSA) is 37.3 Å². The number of rotatable bonds is 1. The summed E-state index contributed by atoms with van der Waals surface area (Å²) in [5.41, 5.74) is 0. The first-order chi connectivity index (χ1) is 5.75. The minimum Gasteiger partial charge on any atom is -0.388 e. The van der Waals surface area contributed by atoms with Crippen LogP contribution in [0.1, 0.15) is 19.8 Å². The highest BCUT2D eigenvalue weighted by Crippen LogP contribution is 2.17. The van der Waals surface area contributed by atoms with Gasteiger partial charge in [0.05, 0.1) is 12.0 Å². The number of hydrogen-bond acceptors (Lipinski definition) is 2. The van der Waals surface area contributed by atoms with Crippen LogP contribution in [0.15, 0.2) is 12.2 Å². The number of allylic oxidation sites excluding steroid dienone is 1. The van der Waals surface area contributed by atoms with E-state index in [1.807, 2.05) is 6.92 Å². The molecule has 0 saturated carbocycles. The molecule has 0 bridgehead atoms. The molecule has 0 aromatic rings. The lowest BCUT2D eigenvalue weighted by molar-refractivity contribution is -0.119. The lowest BCUT2D eigenvalue weighted by atomic mass is 10.0. The van der Waals surface area contributed by atoms with Crippen molar-refractivity contribution < 1.29 is 9.90 Å². The Morgan fingerprint density at radius 2 is 2.33 bits per heavy atom. The molecule has 0 radical (unpaired) electrons. The highest BCUT2D eigenvalue weighted by Gasteiger charge is 2.27. The molecule has 0 aliphatic heterocycles. The van der Waals surface area contributed by atoms with Gasteiger partial charge in [-0.25, -0.2) is 0 Å². The first kappa shape index (κ1) is 9.02. The Bertz CT molecular complexity index is 255. The summed E-state index contributed by atoms with van der Waals surface area (Å²) in [4.78, 5) is 11.1. The molecular weight excluding hydrogens is 152 g/mol. The van der Waals surface area contributed by atoms with Gasteiger partial charge in [0, 0.05) is 12.8 Å². The van der Waals surface area contributed by atoms with Gasteiger partial charge in [0.2, 0.25) is 0 Å². The van der Waals surface area contributed by atoms with Gasteiger partial charge in [-0.2, -0.15) is 0 Å². The number of aliphatic hydroxyl groups excluding tert-OH is 1. The molecule has 0 heterocycles. The summed E-state index contributed by atoms with van der Waals surface area (Å²) in [6.07, 6.45) is 3.61. The third kappa shape index (κ3) is 1.96. The second-order valence-electron chi connectivity index (χ2n) is 2.77. The summed E-state index contributed by atoms with van der Waals surface area (Å²) in [6, 6.07) is 0. The van der Waals surface area contributed by atoms with Gasteiger partial charge in [-0.1, -0.05) is 13.0 Å². The number of carbonyl (C=O) groups excluding carboxylic acids is 1. The van der Waals surface area contributed by atoms with Gasteiger partial charge >= 0.3 is 0 Å². The molecule has 0 amide bonds. The van der Waals surface area contributed by atoms with Crippen molar-refractivity contribution in [2.24, 2.45) is 5.92 Å². The van der Waals surface area contributed by atoms with Crippen molar-refractivity contribution in [3.05, 3.63) is 12.2 Å². The largest absolute Gasteiger partial charge is 0.388 e. The summed E-state index contributed by atoms with van der Waals surface area (Å²) in [5, 5.41) is 9.28. The van der Waals surface area contributed by atoms with Gasteiger partial charge in [0.1, 0.15) is 0 Å². The van der Waals surface area contributed by atoms with Crippen LogP contribution < -0.4 is 0 Å². The fourth-order valence-electron chi connectivity index (χ4n) is 1.15. The summed E-state index contributed by atoms with van der Waals surface area (Å²) in [7, 11) is 0. The van der Waals surface area contributed by atoms with E-state index in [9.17, 15) is 9.90 Å². The Hall–Kier alpha value is -1.07. The van der Waals surface area contributed by atoms with Crippen molar-refractivity contribution in [3.8, 4) is 11.8 Å². The smallest absolute Gasteiger partial charge is 0.162 e. The average molecular weight is 164 g/mol. The molecular formula is C10H12O2. The molecule has 1 aliphatic rings. The van der Waals surface area contributed by atoms with Crippen molar-refractivity contribution in [1.82, 2.24) is 0 Å². The average Bonchev–Trinajstić information content (AvgIpc) is 2.35. The van der Waals surface area contributed by atoms with Gasteiger partial charge in [-0.05, 0) is 6.08 Å². The minimum atomic E-state index is -0.622. The lowest BCUT2D eigenvalue weighted by Gasteiger charge is -2.07. The van der Waals surface area contributed by atoms with E-state index in [-0.39, 0.29) is 11.7 Å². The Labute approximate surface area is 72.3 Å². The Morgan fingerprint density at radius 1 is 1.58 bits per heavy atom. The maximum atomic E-state index is 11.1. The molecule has 0 aromatic carbocycles. The van der Waals surface area contributed by atoms with Crippen LogP contribution in [-0.4, -0.2) is 17.0 Å². The molecule has 12 heavy (non-hydrogen) atoms. The van der Waals surface area contributed by atoms with Crippen LogP contribution in [0.5, 0.6) is 0 Å². The Kier molecular flexibility index (Phi) is 3.07. The van der Waals surface area contributed by atoms with Crippen molar-refractivity contribution in [1.29, 1.82) is 0 Å². The molecule has 2 unspecified atom stereocenters. The molecule has 0 aromatic heterocycles. The molecule has 0 spiro atoms. The SMILES string of the molecule is CCC#CCC1C(=O)C=CC1O. The molecule has 0 fully saturated rings. The zero-order chi connectivity index (χ0) is 8.97. The van der Waals surface area contributed by atoms with Crippen LogP contribution in [-0.2, 0) is 4.79 Å². The van der Waals surface area contributed by atoms with Crippen molar-refractivity contribution >= 4 is 5.78 Å². The molecule has 1 aliphatic carbocycles. The van der Waals surface area contributed by atoms with Gasteiger partial charge in [-0.3, -0.25) is 4.79 Å². The highest BCUT2D eigenvalue weighted by molar-refractivity contribution is 5.95. The maximum absolute atomic E-state index is 11.1. The Balaban J connectivity index is 2.48. The number of aliphatic hydroxyl groups is 1. The summed E-state index contributed by atoms with van der Waals surface area (Å²) < 4.78 is 0. The lowest BCUT2D eigenvalue weighted by Crippen LogP contribution is -2.19. The van der Waals surface area contributed by atoms with Gasteiger partial charge < -0.3 is 5.11 Å². The molecule has 64 valence electrons. The van der Waals surface area contributed by atoms with Crippen molar-refractivity contribution in [2.75, 3.05) is 0 Å². The third-order valence-corrected chi connectivity index (χ3v) is 1.86. The first-order valence-electron chi connectivity index (χ1n) is 4.11. The maximum Gasteiger partial charge on any atom is 0.162 e. The van der Waals surface area contributed by atoms with E-state index in [0.717, 1.165) is 6.42 Å². The predicted molar refractivity (Wildman–Crippen MR) is 46.3 cm³/mol. The molecule has 2 atom stereocenters. The van der Waals surface area contributed by atoms with Crippen molar-refractivity contribution in [3.63, 3.8) is 0 Å². The zero-order valence-electron chi connectivity index (χ0n) is 7.08. The van der Waals surface area contributed by atoms with E-state index in [1.165, 1.54) is 12.2 Å². The van der Waals surface area contributed by atoms with E-state index >= 15 is 0 Å². The standard InChI is InChI=1S/C10H12O2/c1-2-3-4-5-8-9(11)6-7-10(8)12/h6-9,11H,2,5H2,1H3. The van der Waals surface area contributed by atoms with E-state index in [4.69, 9.17) is 0 Å². The quantitative estimate of drug-likeness (QED) is 0.585. The van der Waals surface area contributed by atoms with Crippen LogP contribution in [0.3, 0.4) is 0 Å². The molecule has 2 nitrogen and oxygen atoms in total. The zero-order valence-corrected chi connectivity index (χ0v) is 7.08. The second-order valence-corrected chi connectivity index (χ2v) is 2.77. The monoisotopic (exact) mass is 164 g/mol.